The van der Waals surface area contributed by atoms with E-state index in [4.69, 9.17) is 5.73 Å². The van der Waals surface area contributed by atoms with Crippen molar-refractivity contribution in [3.8, 4) is 0 Å². The number of hydrogen-bond acceptors (Lipinski definition) is 4. The third kappa shape index (κ3) is 3.18. The summed E-state index contributed by atoms with van der Waals surface area (Å²) in [6, 6.07) is 5.12. The standard InChI is InChI=1S/C12H16N4OS/c1-16-7-5-9(15-16)4-6-14-12(17)11(13)10-3-2-8-18-10/h2-3,5,7-8,11H,4,6,13H2,1H3,(H,14,17). The van der Waals surface area contributed by atoms with Crippen molar-refractivity contribution in [2.75, 3.05) is 6.54 Å². The van der Waals surface area contributed by atoms with E-state index in [0.29, 0.717) is 13.0 Å². The lowest BCUT2D eigenvalue weighted by Gasteiger charge is -2.09. The van der Waals surface area contributed by atoms with Crippen molar-refractivity contribution in [3.63, 3.8) is 0 Å². The molecule has 5 nitrogen and oxygen atoms in total. The molecule has 2 aromatic rings. The van der Waals surface area contributed by atoms with Gasteiger partial charge in [-0.2, -0.15) is 5.10 Å². The molecule has 96 valence electrons. The normalized spacial score (nSPS) is 12.3. The first-order valence-electron chi connectivity index (χ1n) is 5.72. The van der Waals surface area contributed by atoms with Crippen LogP contribution < -0.4 is 11.1 Å². The monoisotopic (exact) mass is 264 g/mol. The second-order valence-corrected chi connectivity index (χ2v) is 4.99. The Hall–Kier alpha value is -1.66. The van der Waals surface area contributed by atoms with Crippen LogP contribution >= 0.6 is 11.3 Å². The van der Waals surface area contributed by atoms with Crippen molar-refractivity contribution in [3.05, 3.63) is 40.3 Å². The van der Waals surface area contributed by atoms with Crippen LogP contribution in [0.5, 0.6) is 0 Å². The largest absolute Gasteiger partial charge is 0.354 e. The van der Waals surface area contributed by atoms with Crippen LogP contribution in [0.25, 0.3) is 0 Å². The van der Waals surface area contributed by atoms with Crippen LogP contribution in [0.2, 0.25) is 0 Å². The summed E-state index contributed by atoms with van der Waals surface area (Å²) >= 11 is 1.49. The molecule has 0 aromatic carbocycles. The Kier molecular flexibility index (Phi) is 4.11. The van der Waals surface area contributed by atoms with E-state index in [1.165, 1.54) is 11.3 Å². The van der Waals surface area contributed by atoms with E-state index in [2.05, 4.69) is 10.4 Å². The highest BCUT2D eigenvalue weighted by Gasteiger charge is 2.15. The zero-order valence-corrected chi connectivity index (χ0v) is 11.0. The maximum atomic E-state index is 11.8. The minimum absolute atomic E-state index is 0.145. The number of aromatic nitrogens is 2. The number of rotatable bonds is 5. The molecule has 0 saturated heterocycles. The molecule has 2 heterocycles. The summed E-state index contributed by atoms with van der Waals surface area (Å²) in [5.41, 5.74) is 6.81. The molecule has 0 radical (unpaired) electrons. The first-order valence-corrected chi connectivity index (χ1v) is 6.60. The Morgan fingerprint density at radius 1 is 1.61 bits per heavy atom. The van der Waals surface area contributed by atoms with E-state index in [-0.39, 0.29) is 5.91 Å². The average Bonchev–Trinajstić information content (AvgIpc) is 2.99. The van der Waals surface area contributed by atoms with Crippen LogP contribution in [0.3, 0.4) is 0 Å². The Morgan fingerprint density at radius 2 is 2.44 bits per heavy atom. The fourth-order valence-corrected chi connectivity index (χ4v) is 2.34. The molecule has 0 aliphatic rings. The molecule has 0 fully saturated rings. The van der Waals surface area contributed by atoms with E-state index < -0.39 is 6.04 Å². The van der Waals surface area contributed by atoms with Crippen molar-refractivity contribution in [1.82, 2.24) is 15.1 Å². The molecule has 0 aliphatic heterocycles. The van der Waals surface area contributed by atoms with Crippen LogP contribution in [-0.2, 0) is 18.3 Å². The van der Waals surface area contributed by atoms with Gasteiger partial charge >= 0.3 is 0 Å². The molecule has 6 heteroatoms. The average molecular weight is 264 g/mol. The van der Waals surface area contributed by atoms with Gasteiger partial charge in [-0.15, -0.1) is 11.3 Å². The summed E-state index contributed by atoms with van der Waals surface area (Å²) in [4.78, 5) is 12.7. The molecule has 3 N–H and O–H groups in total. The van der Waals surface area contributed by atoms with E-state index in [1.807, 2.05) is 36.8 Å². The van der Waals surface area contributed by atoms with Gasteiger partial charge in [0.25, 0.3) is 0 Å². The second-order valence-electron chi connectivity index (χ2n) is 4.01. The smallest absolute Gasteiger partial charge is 0.242 e. The molecule has 0 bridgehead atoms. The lowest BCUT2D eigenvalue weighted by Crippen LogP contribution is -2.34. The predicted molar refractivity (Wildman–Crippen MR) is 71.2 cm³/mol. The highest BCUT2D eigenvalue weighted by molar-refractivity contribution is 7.10. The van der Waals surface area contributed by atoms with Gasteiger partial charge in [0.2, 0.25) is 5.91 Å². The van der Waals surface area contributed by atoms with Gasteiger partial charge in [-0.25, -0.2) is 0 Å². The number of nitrogens with two attached hydrogens (primary N) is 1. The van der Waals surface area contributed by atoms with E-state index in [9.17, 15) is 4.79 Å². The highest BCUT2D eigenvalue weighted by Crippen LogP contribution is 2.16. The molecule has 1 unspecified atom stereocenters. The maximum absolute atomic E-state index is 11.8. The first kappa shape index (κ1) is 12.8. The third-order valence-corrected chi connectivity index (χ3v) is 3.54. The van der Waals surface area contributed by atoms with Gasteiger partial charge in [0.05, 0.1) is 5.69 Å². The van der Waals surface area contributed by atoms with E-state index in [1.54, 1.807) is 4.68 Å². The molecule has 2 rings (SSSR count). The molecule has 18 heavy (non-hydrogen) atoms. The topological polar surface area (TPSA) is 72.9 Å². The molecule has 0 saturated carbocycles. The fourth-order valence-electron chi connectivity index (χ4n) is 1.62. The SMILES string of the molecule is Cn1ccc(CCNC(=O)C(N)c2cccs2)n1. The number of carbonyl (C=O) groups excluding carboxylic acids is 1. The molecule has 2 aromatic heterocycles. The molecular weight excluding hydrogens is 248 g/mol. The quantitative estimate of drug-likeness (QED) is 0.840. The summed E-state index contributed by atoms with van der Waals surface area (Å²) in [5, 5.41) is 8.97. The van der Waals surface area contributed by atoms with Gasteiger partial charge in [0, 0.05) is 31.1 Å². The molecule has 1 atom stereocenters. The van der Waals surface area contributed by atoms with Crippen LogP contribution in [0.1, 0.15) is 16.6 Å². The molecular formula is C12H16N4OS. The van der Waals surface area contributed by atoms with Crippen molar-refractivity contribution >= 4 is 17.2 Å². The van der Waals surface area contributed by atoms with E-state index >= 15 is 0 Å². The minimum atomic E-state index is -0.575. The Bertz CT molecular complexity index is 506. The van der Waals surface area contributed by atoms with Crippen molar-refractivity contribution in [1.29, 1.82) is 0 Å². The van der Waals surface area contributed by atoms with E-state index in [0.717, 1.165) is 10.6 Å². The lowest BCUT2D eigenvalue weighted by molar-refractivity contribution is -0.122. The Labute approximate surface area is 110 Å². The van der Waals surface area contributed by atoms with Crippen LogP contribution in [0, 0.1) is 0 Å². The Morgan fingerprint density at radius 3 is 3.06 bits per heavy atom. The first-order chi connectivity index (χ1) is 8.66. The van der Waals surface area contributed by atoms with Crippen LogP contribution in [0.15, 0.2) is 29.8 Å². The highest BCUT2D eigenvalue weighted by atomic mass is 32.1. The predicted octanol–water partition coefficient (Wildman–Crippen LogP) is 0.840. The summed E-state index contributed by atoms with van der Waals surface area (Å²) in [6.45, 7) is 0.551. The number of aryl methyl sites for hydroxylation is 1. The van der Waals surface area contributed by atoms with Crippen molar-refractivity contribution in [2.24, 2.45) is 12.8 Å². The van der Waals surface area contributed by atoms with Gasteiger partial charge < -0.3 is 11.1 Å². The van der Waals surface area contributed by atoms with Gasteiger partial charge in [-0.05, 0) is 17.5 Å². The zero-order valence-electron chi connectivity index (χ0n) is 10.2. The number of carbonyl (C=O) groups is 1. The fraction of sp³-hybridized carbons (Fsp3) is 0.333. The summed E-state index contributed by atoms with van der Waals surface area (Å²) in [5.74, 6) is -0.145. The number of hydrogen-bond donors (Lipinski definition) is 2. The summed E-state index contributed by atoms with van der Waals surface area (Å²) < 4.78 is 1.74. The number of amides is 1. The third-order valence-electron chi connectivity index (χ3n) is 2.58. The van der Waals surface area contributed by atoms with Gasteiger partial charge in [0.1, 0.15) is 6.04 Å². The van der Waals surface area contributed by atoms with Crippen LogP contribution in [0.4, 0.5) is 0 Å². The molecule has 0 spiro atoms. The minimum Gasteiger partial charge on any atom is -0.354 e. The zero-order chi connectivity index (χ0) is 13.0. The second kappa shape index (κ2) is 5.79. The molecule has 1 amide bonds. The number of nitrogens with one attached hydrogen (secondary N) is 1. The number of thiophene rings is 1. The number of nitrogens with zero attached hydrogens (tertiary/aromatic N) is 2. The maximum Gasteiger partial charge on any atom is 0.242 e. The van der Waals surface area contributed by atoms with Gasteiger partial charge in [0.15, 0.2) is 0 Å². The summed E-state index contributed by atoms with van der Waals surface area (Å²) in [7, 11) is 1.87. The van der Waals surface area contributed by atoms with Crippen LogP contribution in [-0.4, -0.2) is 22.2 Å². The summed E-state index contributed by atoms with van der Waals surface area (Å²) in [6.07, 6.45) is 2.60. The van der Waals surface area contributed by atoms with Gasteiger partial charge in [-0.1, -0.05) is 6.07 Å². The Balaban J connectivity index is 1.78. The lowest BCUT2D eigenvalue weighted by atomic mass is 10.2. The van der Waals surface area contributed by atoms with Crippen molar-refractivity contribution < 1.29 is 4.79 Å². The van der Waals surface area contributed by atoms with Crippen molar-refractivity contribution in [2.45, 2.75) is 12.5 Å². The molecule has 0 aliphatic carbocycles. The van der Waals surface area contributed by atoms with Gasteiger partial charge in [-0.3, -0.25) is 9.48 Å².